The molecule has 1 aromatic heterocycles. The minimum atomic E-state index is -0.113. The first kappa shape index (κ1) is 19.5. The number of fused-ring (bicyclic) bond motifs is 1. The number of amides is 2. The molecule has 3 aromatic rings. The number of aromatic nitrogens is 2. The van der Waals surface area contributed by atoms with Crippen LogP contribution in [0.2, 0.25) is 0 Å². The molecule has 6 nitrogen and oxygen atoms in total. The summed E-state index contributed by atoms with van der Waals surface area (Å²) in [5.41, 5.74) is 2.60. The highest BCUT2D eigenvalue weighted by molar-refractivity contribution is 6.29. The summed E-state index contributed by atoms with van der Waals surface area (Å²) in [6, 6.07) is 17.3. The van der Waals surface area contributed by atoms with Gasteiger partial charge in [-0.25, -0.2) is 4.98 Å². The van der Waals surface area contributed by atoms with Crippen LogP contribution in [0.4, 0.5) is 5.69 Å². The van der Waals surface area contributed by atoms with Gasteiger partial charge in [-0.2, -0.15) is 0 Å². The van der Waals surface area contributed by atoms with E-state index in [1.165, 1.54) is 0 Å². The van der Waals surface area contributed by atoms with Crippen LogP contribution in [0.3, 0.4) is 0 Å². The van der Waals surface area contributed by atoms with Crippen molar-refractivity contribution < 1.29 is 9.59 Å². The number of carbonyl (C=O) groups excluding carboxylic acids is 2. The Morgan fingerprint density at radius 3 is 2.38 bits per heavy atom. The molecular weight excluding hydrogens is 388 g/mol. The second-order valence-corrected chi connectivity index (χ2v) is 7.51. The van der Waals surface area contributed by atoms with E-state index in [0.717, 1.165) is 16.7 Å². The zero-order chi connectivity index (χ0) is 20.4. The Balaban J connectivity index is 1.50. The Bertz CT molecular complexity index is 1030. The summed E-state index contributed by atoms with van der Waals surface area (Å²) in [4.78, 5) is 33.7. The lowest BCUT2D eigenvalue weighted by molar-refractivity contribution is -0.116. The molecule has 4 rings (SSSR count). The van der Waals surface area contributed by atoms with E-state index in [0.29, 0.717) is 31.8 Å². The van der Waals surface area contributed by atoms with Crippen molar-refractivity contribution in [3.63, 3.8) is 0 Å². The molecule has 2 heterocycles. The highest BCUT2D eigenvalue weighted by atomic mass is 35.5. The van der Waals surface area contributed by atoms with Crippen LogP contribution < -0.4 is 4.90 Å². The number of benzene rings is 2. The van der Waals surface area contributed by atoms with Gasteiger partial charge in [0.25, 0.3) is 5.91 Å². The zero-order valence-corrected chi connectivity index (χ0v) is 17.0. The minimum absolute atomic E-state index is 0.0214. The van der Waals surface area contributed by atoms with Crippen molar-refractivity contribution in [3.05, 3.63) is 60.4 Å². The maximum Gasteiger partial charge on any atom is 0.289 e. The summed E-state index contributed by atoms with van der Waals surface area (Å²) in [6.07, 6.45) is 1.40. The Morgan fingerprint density at radius 1 is 1.07 bits per heavy atom. The molecule has 150 valence electrons. The third-order valence-corrected chi connectivity index (χ3v) is 5.74. The number of hydrogen-bond donors (Lipinski definition) is 0. The lowest BCUT2D eigenvalue weighted by Crippen LogP contribution is -2.49. The van der Waals surface area contributed by atoms with Gasteiger partial charge in [0.15, 0.2) is 5.82 Å². The zero-order valence-electron chi connectivity index (χ0n) is 16.3. The monoisotopic (exact) mass is 410 g/mol. The van der Waals surface area contributed by atoms with Crippen LogP contribution in [-0.2, 0) is 11.8 Å². The summed E-state index contributed by atoms with van der Waals surface area (Å²) < 4.78 is 1.84. The molecule has 0 aliphatic carbocycles. The Kier molecular flexibility index (Phi) is 5.53. The highest BCUT2D eigenvalue weighted by Crippen LogP contribution is 2.25. The Hall–Kier alpha value is -2.86. The number of para-hydroxylation sites is 3. The second-order valence-electron chi connectivity index (χ2n) is 7.24. The summed E-state index contributed by atoms with van der Waals surface area (Å²) in [6.45, 7) is 1.15. The van der Waals surface area contributed by atoms with E-state index in [1.807, 2.05) is 71.1 Å². The normalized spacial score (nSPS) is 14.9. The van der Waals surface area contributed by atoms with Gasteiger partial charge in [0.2, 0.25) is 5.91 Å². The van der Waals surface area contributed by atoms with Gasteiger partial charge >= 0.3 is 0 Å². The molecule has 1 saturated heterocycles. The van der Waals surface area contributed by atoms with Crippen LogP contribution in [0.15, 0.2) is 54.6 Å². The molecule has 0 unspecified atom stereocenters. The van der Waals surface area contributed by atoms with Crippen molar-refractivity contribution in [2.75, 3.05) is 23.9 Å². The summed E-state index contributed by atoms with van der Waals surface area (Å²) >= 11 is 5.86. The number of likely N-dealkylation sites (tertiary alicyclic amines) is 1. The molecule has 7 heteroatoms. The number of nitrogens with zero attached hydrogens (tertiary/aromatic N) is 4. The molecule has 0 bridgehead atoms. The summed E-state index contributed by atoms with van der Waals surface area (Å²) in [5, 5.41) is 0. The van der Waals surface area contributed by atoms with Crippen molar-refractivity contribution in [1.29, 1.82) is 0 Å². The molecule has 29 heavy (non-hydrogen) atoms. The SMILES string of the molecule is Cn1c(C(=O)N2CCC(N(C(=O)CCl)c3ccccc3)CC2)nc2ccccc21. The van der Waals surface area contributed by atoms with Gasteiger partial charge in [-0.15, -0.1) is 11.6 Å². The fourth-order valence-corrected chi connectivity index (χ4v) is 4.15. The van der Waals surface area contributed by atoms with Crippen LogP contribution >= 0.6 is 11.6 Å². The lowest BCUT2D eigenvalue weighted by Gasteiger charge is -2.38. The van der Waals surface area contributed by atoms with E-state index in [1.54, 1.807) is 4.90 Å². The standard InChI is InChI=1S/C22H23ClN4O2/c1-25-19-10-6-5-9-18(19)24-21(25)22(29)26-13-11-17(12-14-26)27(20(28)15-23)16-7-3-2-4-8-16/h2-10,17H,11-15H2,1H3. The van der Waals surface area contributed by atoms with E-state index < -0.39 is 0 Å². The van der Waals surface area contributed by atoms with Gasteiger partial charge in [-0.05, 0) is 37.1 Å². The summed E-state index contributed by atoms with van der Waals surface area (Å²) in [7, 11) is 1.87. The van der Waals surface area contributed by atoms with E-state index in [-0.39, 0.29) is 23.7 Å². The number of imidazole rings is 1. The first-order chi connectivity index (χ1) is 14.1. The Morgan fingerprint density at radius 2 is 1.72 bits per heavy atom. The molecule has 1 fully saturated rings. The molecular formula is C22H23ClN4O2. The predicted molar refractivity (Wildman–Crippen MR) is 114 cm³/mol. The molecule has 2 amide bonds. The Labute approximate surface area is 174 Å². The van der Waals surface area contributed by atoms with Crippen LogP contribution in [0.1, 0.15) is 23.5 Å². The molecule has 2 aromatic carbocycles. The third kappa shape index (κ3) is 3.72. The topological polar surface area (TPSA) is 58.4 Å². The van der Waals surface area contributed by atoms with Gasteiger partial charge in [0, 0.05) is 31.9 Å². The van der Waals surface area contributed by atoms with Crippen LogP contribution in [0, 0.1) is 0 Å². The first-order valence-electron chi connectivity index (χ1n) is 9.74. The van der Waals surface area contributed by atoms with Crippen molar-refractivity contribution in [3.8, 4) is 0 Å². The maximum absolute atomic E-state index is 13.1. The molecule has 0 atom stereocenters. The average Bonchev–Trinajstić information content (AvgIpc) is 3.11. The van der Waals surface area contributed by atoms with Gasteiger partial charge < -0.3 is 14.4 Å². The van der Waals surface area contributed by atoms with Crippen molar-refractivity contribution >= 4 is 40.1 Å². The van der Waals surface area contributed by atoms with E-state index in [9.17, 15) is 9.59 Å². The van der Waals surface area contributed by atoms with E-state index in [2.05, 4.69) is 4.98 Å². The number of rotatable bonds is 4. The molecule has 1 aliphatic heterocycles. The van der Waals surface area contributed by atoms with E-state index >= 15 is 0 Å². The minimum Gasteiger partial charge on any atom is -0.336 e. The number of aryl methyl sites for hydroxylation is 1. The number of halogens is 1. The number of hydrogen-bond acceptors (Lipinski definition) is 3. The van der Waals surface area contributed by atoms with Gasteiger partial charge in [-0.1, -0.05) is 30.3 Å². The van der Waals surface area contributed by atoms with Gasteiger partial charge in [0.05, 0.1) is 11.0 Å². The molecule has 0 radical (unpaired) electrons. The first-order valence-corrected chi connectivity index (χ1v) is 10.3. The molecule has 0 N–H and O–H groups in total. The van der Waals surface area contributed by atoms with Crippen LogP contribution in [0.5, 0.6) is 0 Å². The number of carbonyl (C=O) groups is 2. The lowest BCUT2D eigenvalue weighted by atomic mass is 10.0. The largest absolute Gasteiger partial charge is 0.336 e. The fraction of sp³-hybridized carbons (Fsp3) is 0.318. The van der Waals surface area contributed by atoms with Crippen LogP contribution in [-0.4, -0.2) is 51.3 Å². The second kappa shape index (κ2) is 8.25. The molecule has 1 aliphatic rings. The van der Waals surface area contributed by atoms with Crippen LogP contribution in [0.25, 0.3) is 11.0 Å². The molecule has 0 spiro atoms. The van der Waals surface area contributed by atoms with Crippen molar-refractivity contribution in [2.24, 2.45) is 7.05 Å². The smallest absolute Gasteiger partial charge is 0.289 e. The number of piperidine rings is 1. The highest BCUT2D eigenvalue weighted by Gasteiger charge is 2.31. The van der Waals surface area contributed by atoms with Crippen molar-refractivity contribution in [1.82, 2.24) is 14.5 Å². The average molecular weight is 411 g/mol. The van der Waals surface area contributed by atoms with Gasteiger partial charge in [-0.3, -0.25) is 9.59 Å². The van der Waals surface area contributed by atoms with E-state index in [4.69, 9.17) is 11.6 Å². The number of anilines is 1. The number of alkyl halides is 1. The fourth-order valence-electron chi connectivity index (χ4n) is 4.02. The third-order valence-electron chi connectivity index (χ3n) is 5.51. The maximum atomic E-state index is 13.1. The quantitative estimate of drug-likeness (QED) is 0.619. The van der Waals surface area contributed by atoms with Crippen molar-refractivity contribution in [2.45, 2.75) is 18.9 Å². The van der Waals surface area contributed by atoms with Gasteiger partial charge in [0.1, 0.15) is 5.88 Å². The predicted octanol–water partition coefficient (Wildman–Crippen LogP) is 3.45. The summed E-state index contributed by atoms with van der Waals surface area (Å²) in [5.74, 6) is 0.199. The molecule has 0 saturated carbocycles.